The van der Waals surface area contributed by atoms with Gasteiger partial charge in [-0.25, -0.2) is 9.59 Å². The van der Waals surface area contributed by atoms with E-state index in [4.69, 9.17) is 14.2 Å². The van der Waals surface area contributed by atoms with Gasteiger partial charge in [-0.1, -0.05) is 37.6 Å². The van der Waals surface area contributed by atoms with Gasteiger partial charge in [-0.05, 0) is 41.8 Å². The van der Waals surface area contributed by atoms with E-state index in [0.717, 1.165) is 30.9 Å². The van der Waals surface area contributed by atoms with Crippen LogP contribution in [0, 0.1) is 0 Å². The highest BCUT2D eigenvalue weighted by Gasteiger charge is 2.08. The molecule has 2 aromatic carbocycles. The molecule has 0 amide bonds. The predicted octanol–water partition coefficient (Wildman–Crippen LogP) is 3.84. The van der Waals surface area contributed by atoms with Crippen LogP contribution < -0.4 is 4.74 Å². The molecule has 0 spiro atoms. The lowest BCUT2D eigenvalue weighted by atomic mass is 10.0. The summed E-state index contributed by atoms with van der Waals surface area (Å²) in [5.41, 5.74) is 2.53. The van der Waals surface area contributed by atoms with Gasteiger partial charge >= 0.3 is 11.9 Å². The Labute approximate surface area is 182 Å². The van der Waals surface area contributed by atoms with E-state index in [1.165, 1.54) is 0 Å². The van der Waals surface area contributed by atoms with E-state index in [1.807, 2.05) is 43.3 Å². The van der Waals surface area contributed by atoms with Crippen LogP contribution in [0.15, 0.2) is 48.5 Å². The fraction of sp³-hybridized carbons (Fsp3) is 0.375. The molecule has 0 aliphatic carbocycles. The lowest BCUT2D eigenvalue weighted by Crippen LogP contribution is -2.18. The van der Waals surface area contributed by atoms with Crippen molar-refractivity contribution < 1.29 is 33.3 Å². The Kier molecular flexibility index (Phi) is 10.2. The zero-order chi connectivity index (χ0) is 22.5. The standard InChI is InChI=1S/C24H28O7/c1-3-4-13-30-24(27)21-7-5-19(6-8-21)20-9-11-22(12-10-20)29-16-14-28-15-17-31-23(26)18(2)25/h5-12H,3-4,13-17H2,1-2H3. The Morgan fingerprint density at radius 2 is 1.35 bits per heavy atom. The van der Waals surface area contributed by atoms with Crippen LogP contribution in [0.25, 0.3) is 11.1 Å². The summed E-state index contributed by atoms with van der Waals surface area (Å²) < 4.78 is 20.8. The highest BCUT2D eigenvalue weighted by Crippen LogP contribution is 2.23. The second kappa shape index (κ2) is 13.2. The molecule has 2 rings (SSSR count). The maximum atomic E-state index is 12.0. The van der Waals surface area contributed by atoms with Crippen molar-refractivity contribution in [1.82, 2.24) is 0 Å². The Morgan fingerprint density at radius 1 is 0.742 bits per heavy atom. The summed E-state index contributed by atoms with van der Waals surface area (Å²) in [5.74, 6) is -1.09. The zero-order valence-corrected chi connectivity index (χ0v) is 17.9. The lowest BCUT2D eigenvalue weighted by molar-refractivity contribution is -0.154. The number of ketones is 1. The number of Topliss-reactive ketones (excluding diaryl/α,β-unsaturated/α-hetero) is 1. The molecule has 0 heterocycles. The summed E-state index contributed by atoms with van der Waals surface area (Å²) in [6.07, 6.45) is 1.85. The Balaban J connectivity index is 1.72. The van der Waals surface area contributed by atoms with E-state index >= 15 is 0 Å². The number of esters is 2. The lowest BCUT2D eigenvalue weighted by Gasteiger charge is -2.09. The van der Waals surface area contributed by atoms with Gasteiger partial charge in [0.15, 0.2) is 0 Å². The van der Waals surface area contributed by atoms with Crippen molar-refractivity contribution in [3.8, 4) is 16.9 Å². The number of carbonyl (C=O) groups excluding carboxylic acids is 3. The normalized spacial score (nSPS) is 10.4. The van der Waals surface area contributed by atoms with E-state index in [-0.39, 0.29) is 19.2 Å². The van der Waals surface area contributed by atoms with Gasteiger partial charge < -0.3 is 18.9 Å². The topological polar surface area (TPSA) is 88.1 Å². The molecule has 0 fully saturated rings. The van der Waals surface area contributed by atoms with Gasteiger partial charge in [0.05, 0.1) is 25.4 Å². The van der Waals surface area contributed by atoms with Gasteiger partial charge in [0, 0.05) is 6.92 Å². The molecule has 0 saturated carbocycles. The van der Waals surface area contributed by atoms with Crippen molar-refractivity contribution in [2.24, 2.45) is 0 Å². The van der Waals surface area contributed by atoms with Gasteiger partial charge in [-0.2, -0.15) is 0 Å². The minimum absolute atomic E-state index is 0.0301. The molecular formula is C24H28O7. The number of hydrogen-bond acceptors (Lipinski definition) is 7. The minimum atomic E-state index is -0.860. The smallest absolute Gasteiger partial charge is 0.374 e. The van der Waals surface area contributed by atoms with Crippen LogP contribution in [0.2, 0.25) is 0 Å². The van der Waals surface area contributed by atoms with Crippen molar-refractivity contribution in [3.05, 3.63) is 54.1 Å². The van der Waals surface area contributed by atoms with Crippen molar-refractivity contribution in [1.29, 1.82) is 0 Å². The van der Waals surface area contributed by atoms with E-state index in [0.29, 0.717) is 31.1 Å². The van der Waals surface area contributed by atoms with Crippen LogP contribution in [-0.4, -0.2) is 50.8 Å². The third-order valence-electron chi connectivity index (χ3n) is 4.28. The first-order valence-electron chi connectivity index (χ1n) is 10.3. The summed E-state index contributed by atoms with van der Waals surface area (Å²) in [5, 5.41) is 0. The summed E-state index contributed by atoms with van der Waals surface area (Å²) in [6.45, 7) is 4.54. The van der Waals surface area contributed by atoms with Crippen LogP contribution in [0.3, 0.4) is 0 Å². The molecule has 0 aliphatic heterocycles. The molecule has 0 bridgehead atoms. The van der Waals surface area contributed by atoms with Crippen LogP contribution in [0.1, 0.15) is 37.0 Å². The number of ether oxygens (including phenoxy) is 4. The van der Waals surface area contributed by atoms with Crippen LogP contribution >= 0.6 is 0 Å². The monoisotopic (exact) mass is 428 g/mol. The van der Waals surface area contributed by atoms with Crippen LogP contribution in [-0.2, 0) is 23.8 Å². The SMILES string of the molecule is CCCCOC(=O)c1ccc(-c2ccc(OCCOCCOC(=O)C(C)=O)cc2)cc1. The molecule has 0 aliphatic rings. The molecule has 166 valence electrons. The average molecular weight is 428 g/mol. The third kappa shape index (κ3) is 8.60. The zero-order valence-electron chi connectivity index (χ0n) is 17.9. The molecule has 0 atom stereocenters. The van der Waals surface area contributed by atoms with Crippen molar-refractivity contribution in [3.63, 3.8) is 0 Å². The van der Waals surface area contributed by atoms with Crippen molar-refractivity contribution in [2.75, 3.05) is 33.0 Å². The second-order valence-electron chi connectivity index (χ2n) is 6.74. The van der Waals surface area contributed by atoms with Gasteiger partial charge in [0.25, 0.3) is 0 Å². The Morgan fingerprint density at radius 3 is 1.97 bits per heavy atom. The Hall–Kier alpha value is -3.19. The second-order valence-corrected chi connectivity index (χ2v) is 6.74. The number of benzene rings is 2. The maximum absolute atomic E-state index is 12.0. The summed E-state index contributed by atoms with van der Waals surface area (Å²) in [4.78, 5) is 33.7. The largest absolute Gasteiger partial charge is 0.491 e. The van der Waals surface area contributed by atoms with Gasteiger partial charge in [-0.3, -0.25) is 4.79 Å². The first-order valence-corrected chi connectivity index (χ1v) is 10.3. The molecule has 0 unspecified atom stereocenters. The van der Waals surface area contributed by atoms with E-state index < -0.39 is 11.8 Å². The molecule has 7 nitrogen and oxygen atoms in total. The molecule has 31 heavy (non-hydrogen) atoms. The van der Waals surface area contributed by atoms with Crippen molar-refractivity contribution in [2.45, 2.75) is 26.7 Å². The molecule has 0 N–H and O–H groups in total. The summed E-state index contributed by atoms with van der Waals surface area (Å²) >= 11 is 0. The quantitative estimate of drug-likeness (QED) is 0.272. The van der Waals surface area contributed by atoms with E-state index in [9.17, 15) is 14.4 Å². The molecule has 0 aromatic heterocycles. The number of rotatable bonds is 13. The predicted molar refractivity (Wildman–Crippen MR) is 115 cm³/mol. The third-order valence-corrected chi connectivity index (χ3v) is 4.28. The number of carbonyl (C=O) groups is 3. The van der Waals surface area contributed by atoms with E-state index in [2.05, 4.69) is 4.74 Å². The van der Waals surface area contributed by atoms with E-state index in [1.54, 1.807) is 12.1 Å². The minimum Gasteiger partial charge on any atom is -0.491 e. The average Bonchev–Trinajstić information content (AvgIpc) is 2.79. The van der Waals surface area contributed by atoms with Crippen molar-refractivity contribution >= 4 is 17.7 Å². The maximum Gasteiger partial charge on any atom is 0.374 e. The fourth-order valence-electron chi connectivity index (χ4n) is 2.55. The highest BCUT2D eigenvalue weighted by atomic mass is 16.6. The van der Waals surface area contributed by atoms with Gasteiger partial charge in [0.2, 0.25) is 5.78 Å². The Bertz CT molecular complexity index is 841. The first-order chi connectivity index (χ1) is 15.0. The summed E-state index contributed by atoms with van der Waals surface area (Å²) in [6, 6.07) is 14.9. The van der Waals surface area contributed by atoms with Gasteiger partial charge in [0.1, 0.15) is 19.0 Å². The number of unbranched alkanes of at least 4 members (excludes halogenated alkanes) is 1. The van der Waals surface area contributed by atoms with Crippen LogP contribution in [0.4, 0.5) is 0 Å². The number of hydrogen-bond donors (Lipinski definition) is 0. The summed E-state index contributed by atoms with van der Waals surface area (Å²) in [7, 11) is 0. The first kappa shape index (κ1) is 24.1. The highest BCUT2D eigenvalue weighted by molar-refractivity contribution is 6.32. The van der Waals surface area contributed by atoms with Gasteiger partial charge in [-0.15, -0.1) is 0 Å². The van der Waals surface area contributed by atoms with Crippen LogP contribution in [0.5, 0.6) is 5.75 Å². The molecular weight excluding hydrogens is 400 g/mol. The molecule has 2 aromatic rings. The molecule has 0 radical (unpaired) electrons. The molecule has 7 heteroatoms. The fourth-order valence-corrected chi connectivity index (χ4v) is 2.55. The molecule has 0 saturated heterocycles.